The fraction of sp³-hybridized carbons (Fsp3) is 0.600. The zero-order chi connectivity index (χ0) is 12.1. The largest absolute Gasteiger partial charge is 0.299 e. The molecule has 0 N–H and O–H groups in total. The van der Waals surface area contributed by atoms with Crippen LogP contribution in [-0.2, 0) is 6.54 Å². The Morgan fingerprint density at radius 1 is 1.12 bits per heavy atom. The topological polar surface area (TPSA) is 3.24 Å². The third kappa shape index (κ3) is 3.53. The molecule has 1 aliphatic carbocycles. The molecule has 0 saturated heterocycles. The van der Waals surface area contributed by atoms with Gasteiger partial charge in [0.2, 0.25) is 0 Å². The Hall–Kier alpha value is -0.890. The van der Waals surface area contributed by atoms with E-state index in [2.05, 4.69) is 11.9 Å². The molecule has 0 bridgehead atoms. The highest BCUT2D eigenvalue weighted by Gasteiger charge is 2.17. The molecular formula is C15H22FN. The van der Waals surface area contributed by atoms with Crippen molar-refractivity contribution in [1.82, 2.24) is 4.90 Å². The second-order valence-corrected chi connectivity index (χ2v) is 5.15. The minimum atomic E-state index is -0.0760. The van der Waals surface area contributed by atoms with Gasteiger partial charge in [-0.3, -0.25) is 4.90 Å². The molecular weight excluding hydrogens is 213 g/mol. The number of hydrogen-bond acceptors (Lipinski definition) is 1. The van der Waals surface area contributed by atoms with E-state index in [-0.39, 0.29) is 5.82 Å². The van der Waals surface area contributed by atoms with Crippen LogP contribution in [0.1, 0.15) is 44.1 Å². The van der Waals surface area contributed by atoms with Crippen LogP contribution in [0.15, 0.2) is 24.3 Å². The Morgan fingerprint density at radius 2 is 1.76 bits per heavy atom. The summed E-state index contributed by atoms with van der Waals surface area (Å²) in [5, 5.41) is 0. The van der Waals surface area contributed by atoms with Gasteiger partial charge in [-0.25, -0.2) is 4.39 Å². The van der Waals surface area contributed by atoms with Crippen molar-refractivity contribution in [2.75, 3.05) is 7.05 Å². The van der Waals surface area contributed by atoms with Gasteiger partial charge in [0, 0.05) is 18.2 Å². The molecule has 0 unspecified atom stereocenters. The molecule has 1 nitrogen and oxygen atoms in total. The molecule has 1 aliphatic rings. The van der Waals surface area contributed by atoms with Gasteiger partial charge >= 0.3 is 0 Å². The molecule has 0 radical (unpaired) electrons. The quantitative estimate of drug-likeness (QED) is 0.716. The summed E-state index contributed by atoms with van der Waals surface area (Å²) in [6, 6.07) is 7.75. The molecule has 1 aromatic carbocycles. The van der Waals surface area contributed by atoms with Crippen LogP contribution >= 0.6 is 0 Å². The van der Waals surface area contributed by atoms with Crippen LogP contribution in [0.5, 0.6) is 0 Å². The SMILES string of the molecule is CN(Cc1ccccc1F)C1CCCCCC1. The molecule has 2 rings (SSSR count). The predicted molar refractivity (Wildman–Crippen MR) is 69.4 cm³/mol. The zero-order valence-electron chi connectivity index (χ0n) is 10.7. The average molecular weight is 235 g/mol. The Bertz CT molecular complexity index is 343. The lowest BCUT2D eigenvalue weighted by atomic mass is 10.1. The predicted octanol–water partition coefficient (Wildman–Crippen LogP) is 3.98. The zero-order valence-corrected chi connectivity index (χ0v) is 10.7. The molecule has 0 atom stereocenters. The highest BCUT2D eigenvalue weighted by Crippen LogP contribution is 2.22. The van der Waals surface area contributed by atoms with Gasteiger partial charge in [-0.05, 0) is 26.0 Å². The highest BCUT2D eigenvalue weighted by atomic mass is 19.1. The first-order valence-electron chi connectivity index (χ1n) is 6.71. The van der Waals surface area contributed by atoms with Crippen molar-refractivity contribution < 1.29 is 4.39 Å². The first-order chi connectivity index (χ1) is 8.27. The molecule has 0 spiro atoms. The molecule has 0 aliphatic heterocycles. The van der Waals surface area contributed by atoms with E-state index in [1.807, 2.05) is 12.1 Å². The van der Waals surface area contributed by atoms with E-state index in [0.29, 0.717) is 6.04 Å². The highest BCUT2D eigenvalue weighted by molar-refractivity contribution is 5.17. The van der Waals surface area contributed by atoms with Crippen molar-refractivity contribution in [1.29, 1.82) is 0 Å². The van der Waals surface area contributed by atoms with E-state index in [0.717, 1.165) is 12.1 Å². The second-order valence-electron chi connectivity index (χ2n) is 5.15. The summed E-state index contributed by atoms with van der Waals surface area (Å²) in [6.07, 6.45) is 7.92. The maximum atomic E-state index is 13.6. The lowest BCUT2D eigenvalue weighted by Gasteiger charge is -2.27. The van der Waals surface area contributed by atoms with Crippen LogP contribution in [0.4, 0.5) is 4.39 Å². The third-order valence-corrected chi connectivity index (χ3v) is 3.83. The van der Waals surface area contributed by atoms with Gasteiger partial charge in [0.1, 0.15) is 5.82 Å². The third-order valence-electron chi connectivity index (χ3n) is 3.83. The smallest absolute Gasteiger partial charge is 0.127 e. The van der Waals surface area contributed by atoms with Crippen LogP contribution in [0.3, 0.4) is 0 Å². The fourth-order valence-corrected chi connectivity index (χ4v) is 2.72. The molecule has 0 aromatic heterocycles. The Morgan fingerprint density at radius 3 is 2.41 bits per heavy atom. The average Bonchev–Trinajstić information content (AvgIpc) is 2.61. The van der Waals surface area contributed by atoms with Gasteiger partial charge in [-0.1, -0.05) is 43.9 Å². The van der Waals surface area contributed by atoms with Crippen LogP contribution in [0.25, 0.3) is 0 Å². The van der Waals surface area contributed by atoms with Crippen molar-refractivity contribution in [3.8, 4) is 0 Å². The van der Waals surface area contributed by atoms with Gasteiger partial charge in [0.05, 0.1) is 0 Å². The van der Waals surface area contributed by atoms with Crippen molar-refractivity contribution in [2.24, 2.45) is 0 Å². The lowest BCUT2D eigenvalue weighted by Crippen LogP contribution is -2.31. The molecule has 17 heavy (non-hydrogen) atoms. The number of nitrogens with zero attached hydrogens (tertiary/aromatic N) is 1. The van der Waals surface area contributed by atoms with E-state index in [1.165, 1.54) is 38.5 Å². The Kier molecular flexibility index (Phi) is 4.55. The summed E-state index contributed by atoms with van der Waals surface area (Å²) >= 11 is 0. The van der Waals surface area contributed by atoms with Crippen LogP contribution in [0.2, 0.25) is 0 Å². The summed E-state index contributed by atoms with van der Waals surface area (Å²) in [5.74, 6) is -0.0760. The number of rotatable bonds is 3. The molecule has 0 amide bonds. The van der Waals surface area contributed by atoms with Crippen molar-refractivity contribution in [3.63, 3.8) is 0 Å². The molecule has 94 valence electrons. The monoisotopic (exact) mass is 235 g/mol. The van der Waals surface area contributed by atoms with Gasteiger partial charge in [0.15, 0.2) is 0 Å². The summed E-state index contributed by atoms with van der Waals surface area (Å²) in [4.78, 5) is 2.32. The molecule has 1 aromatic rings. The number of benzene rings is 1. The Labute approximate surface area is 104 Å². The summed E-state index contributed by atoms with van der Waals surface area (Å²) in [6.45, 7) is 0.733. The standard InChI is InChI=1S/C15H22FN/c1-17(14-9-4-2-3-5-10-14)12-13-8-6-7-11-15(13)16/h6-8,11,14H,2-5,9-10,12H2,1H3. The van der Waals surface area contributed by atoms with Gasteiger partial charge in [-0.2, -0.15) is 0 Å². The number of hydrogen-bond donors (Lipinski definition) is 0. The van der Waals surface area contributed by atoms with Gasteiger partial charge in [-0.15, -0.1) is 0 Å². The van der Waals surface area contributed by atoms with E-state index < -0.39 is 0 Å². The first-order valence-corrected chi connectivity index (χ1v) is 6.71. The van der Waals surface area contributed by atoms with Gasteiger partial charge < -0.3 is 0 Å². The molecule has 1 saturated carbocycles. The minimum absolute atomic E-state index is 0.0760. The van der Waals surface area contributed by atoms with Crippen molar-refractivity contribution in [2.45, 2.75) is 51.1 Å². The first kappa shape index (κ1) is 12.6. The number of halogens is 1. The fourth-order valence-electron chi connectivity index (χ4n) is 2.72. The van der Waals surface area contributed by atoms with Gasteiger partial charge in [0.25, 0.3) is 0 Å². The van der Waals surface area contributed by atoms with E-state index in [9.17, 15) is 4.39 Å². The van der Waals surface area contributed by atoms with Crippen molar-refractivity contribution in [3.05, 3.63) is 35.6 Å². The maximum absolute atomic E-state index is 13.6. The van der Waals surface area contributed by atoms with Crippen LogP contribution in [-0.4, -0.2) is 18.0 Å². The summed E-state index contributed by atoms with van der Waals surface area (Å²) in [7, 11) is 2.13. The van der Waals surface area contributed by atoms with E-state index in [4.69, 9.17) is 0 Å². The summed E-state index contributed by atoms with van der Waals surface area (Å²) < 4.78 is 13.6. The maximum Gasteiger partial charge on any atom is 0.127 e. The van der Waals surface area contributed by atoms with Crippen molar-refractivity contribution >= 4 is 0 Å². The molecule has 2 heteroatoms. The van der Waals surface area contributed by atoms with E-state index >= 15 is 0 Å². The van der Waals surface area contributed by atoms with Crippen LogP contribution < -0.4 is 0 Å². The summed E-state index contributed by atoms with van der Waals surface area (Å²) in [5.41, 5.74) is 0.819. The lowest BCUT2D eigenvalue weighted by molar-refractivity contribution is 0.210. The second kappa shape index (κ2) is 6.15. The van der Waals surface area contributed by atoms with E-state index in [1.54, 1.807) is 12.1 Å². The van der Waals surface area contributed by atoms with Crippen LogP contribution in [0, 0.1) is 5.82 Å². The minimum Gasteiger partial charge on any atom is -0.299 e. The Balaban J connectivity index is 1.95. The molecule has 0 heterocycles. The normalized spacial score (nSPS) is 18.3. The molecule has 1 fully saturated rings.